The van der Waals surface area contributed by atoms with Gasteiger partial charge in [0.25, 0.3) is 0 Å². The zero-order valence-electron chi connectivity index (χ0n) is 23.3. The number of hydrogen-bond acceptors (Lipinski definition) is 6. The molecule has 1 N–H and O–H groups in total. The number of likely N-dealkylation sites (tertiary alicyclic amines) is 1. The second kappa shape index (κ2) is 11.5. The molecule has 5 rings (SSSR count). The van der Waals surface area contributed by atoms with Crippen molar-refractivity contribution in [3.8, 4) is 6.07 Å². The van der Waals surface area contributed by atoms with Gasteiger partial charge in [-0.3, -0.25) is 0 Å². The average molecular weight is 538 g/mol. The first-order valence-electron chi connectivity index (χ1n) is 13.8. The quantitative estimate of drug-likeness (QED) is 0.375. The Bertz CT molecular complexity index is 1430. The van der Waals surface area contributed by atoms with Crippen LogP contribution in [-0.2, 0) is 10.4 Å². The number of nitrogens with zero attached hydrogens (tertiary/aromatic N) is 4. The Morgan fingerprint density at radius 3 is 2.33 bits per heavy atom. The largest absolute Gasteiger partial charge is 0.378 e. The molecule has 40 heavy (non-hydrogen) atoms. The molecule has 2 fully saturated rings. The van der Waals surface area contributed by atoms with E-state index in [4.69, 9.17) is 10.00 Å². The average Bonchev–Trinajstić information content (AvgIpc) is 2.99. The maximum Gasteiger partial charge on any atom is 0.139 e. The molecule has 3 heterocycles. The third-order valence-electron chi connectivity index (χ3n) is 8.07. The van der Waals surface area contributed by atoms with Crippen molar-refractivity contribution in [3.63, 3.8) is 0 Å². The molecule has 0 unspecified atom stereocenters. The fourth-order valence-corrected chi connectivity index (χ4v) is 5.51. The van der Waals surface area contributed by atoms with E-state index in [1.54, 1.807) is 24.3 Å². The highest BCUT2D eigenvalue weighted by Crippen LogP contribution is 2.39. The van der Waals surface area contributed by atoms with E-state index in [0.717, 1.165) is 71.5 Å². The number of benzene rings is 2. The summed E-state index contributed by atoms with van der Waals surface area (Å²) in [7, 11) is 0. The second-order valence-corrected chi connectivity index (χ2v) is 10.7. The third kappa shape index (κ3) is 5.73. The van der Waals surface area contributed by atoms with E-state index >= 15 is 4.39 Å². The first kappa shape index (κ1) is 27.4. The van der Waals surface area contributed by atoms with Crippen molar-refractivity contribution in [2.45, 2.75) is 32.4 Å². The van der Waals surface area contributed by atoms with Gasteiger partial charge in [0.15, 0.2) is 0 Å². The van der Waals surface area contributed by atoms with Crippen molar-refractivity contribution >= 4 is 22.9 Å². The minimum absolute atomic E-state index is 0.373. The predicted octanol–water partition coefficient (Wildman–Crippen LogP) is 6.42. The van der Waals surface area contributed by atoms with Gasteiger partial charge in [-0.1, -0.05) is 31.4 Å². The van der Waals surface area contributed by atoms with Crippen LogP contribution >= 0.6 is 0 Å². The summed E-state index contributed by atoms with van der Waals surface area (Å²) in [5, 5.41) is 12.5. The number of anilines is 2. The number of piperidine rings is 1. The molecular formula is C33H36FN5O. The maximum absolute atomic E-state index is 15.8. The van der Waals surface area contributed by atoms with Gasteiger partial charge in [0.2, 0.25) is 0 Å². The highest BCUT2D eigenvalue weighted by Gasteiger charge is 2.36. The summed E-state index contributed by atoms with van der Waals surface area (Å²) in [6.45, 7) is 17.1. The standard InChI is InChI=1S/C33H36FN5O/c1-23-19-24(2)31(37-25(3)28-7-10-32(36-22-28)39-15-17-40-18-16-39)20-30(23)26(4)38-13-11-33(34,12-14-38)29-8-5-27(21-35)6-9-29/h5-10,19-20,22,37H,3-4,11-18H2,1-2H3. The third-order valence-corrected chi connectivity index (χ3v) is 8.07. The number of halogens is 1. The van der Waals surface area contributed by atoms with Crippen LogP contribution in [0.25, 0.3) is 11.4 Å². The first-order valence-corrected chi connectivity index (χ1v) is 13.8. The van der Waals surface area contributed by atoms with Gasteiger partial charge < -0.3 is 19.9 Å². The van der Waals surface area contributed by atoms with E-state index in [1.165, 1.54) is 0 Å². The van der Waals surface area contributed by atoms with Crippen molar-refractivity contribution in [1.29, 1.82) is 5.26 Å². The lowest BCUT2D eigenvalue weighted by Crippen LogP contribution is -2.39. The molecule has 7 heteroatoms. The molecule has 206 valence electrons. The van der Waals surface area contributed by atoms with Crippen LogP contribution in [0.1, 0.15) is 46.2 Å². The Labute approximate surface area is 236 Å². The minimum Gasteiger partial charge on any atom is -0.378 e. The number of aromatic nitrogens is 1. The lowest BCUT2D eigenvalue weighted by Gasteiger charge is -2.39. The monoisotopic (exact) mass is 537 g/mol. The number of nitrogens with one attached hydrogen (secondary N) is 1. The predicted molar refractivity (Wildman–Crippen MR) is 160 cm³/mol. The van der Waals surface area contributed by atoms with Crippen molar-refractivity contribution in [3.05, 3.63) is 101 Å². The number of nitriles is 1. The summed E-state index contributed by atoms with van der Waals surface area (Å²) in [4.78, 5) is 9.05. The molecular weight excluding hydrogens is 501 g/mol. The summed E-state index contributed by atoms with van der Waals surface area (Å²) < 4.78 is 21.3. The Morgan fingerprint density at radius 2 is 1.70 bits per heavy atom. The zero-order valence-corrected chi connectivity index (χ0v) is 23.3. The highest BCUT2D eigenvalue weighted by atomic mass is 19.1. The molecule has 3 aromatic rings. The van der Waals surface area contributed by atoms with E-state index in [9.17, 15) is 0 Å². The van der Waals surface area contributed by atoms with Crippen LogP contribution in [0.2, 0.25) is 0 Å². The number of morpholine rings is 1. The van der Waals surface area contributed by atoms with Gasteiger partial charge in [0, 0.05) is 73.4 Å². The van der Waals surface area contributed by atoms with Crippen LogP contribution in [0, 0.1) is 25.2 Å². The van der Waals surface area contributed by atoms with Gasteiger partial charge in [-0.25, -0.2) is 9.37 Å². The summed E-state index contributed by atoms with van der Waals surface area (Å²) in [5.74, 6) is 0.947. The van der Waals surface area contributed by atoms with Crippen LogP contribution in [-0.4, -0.2) is 49.3 Å². The van der Waals surface area contributed by atoms with E-state index in [2.05, 4.69) is 65.3 Å². The van der Waals surface area contributed by atoms with Gasteiger partial charge in [-0.15, -0.1) is 0 Å². The number of alkyl halides is 1. The molecule has 0 spiro atoms. The molecule has 0 bridgehead atoms. The van der Waals surface area contributed by atoms with Crippen LogP contribution in [0.15, 0.2) is 67.9 Å². The van der Waals surface area contributed by atoms with E-state index in [-0.39, 0.29) is 0 Å². The highest BCUT2D eigenvalue weighted by molar-refractivity contribution is 5.79. The van der Waals surface area contributed by atoms with Gasteiger partial charge >= 0.3 is 0 Å². The number of aryl methyl sites for hydroxylation is 2. The number of ether oxygens (including phenoxy) is 1. The molecule has 1 aromatic heterocycles. The zero-order chi connectivity index (χ0) is 28.3. The van der Waals surface area contributed by atoms with Crippen LogP contribution in [0.5, 0.6) is 0 Å². The fraction of sp³-hybridized carbons (Fsp3) is 0.333. The molecule has 2 aliphatic heterocycles. The Balaban J connectivity index is 1.26. The van der Waals surface area contributed by atoms with Crippen LogP contribution in [0.3, 0.4) is 0 Å². The van der Waals surface area contributed by atoms with Gasteiger partial charge in [-0.2, -0.15) is 5.26 Å². The Morgan fingerprint density at radius 1 is 1.00 bits per heavy atom. The van der Waals surface area contributed by atoms with Gasteiger partial charge in [0.1, 0.15) is 11.5 Å². The summed E-state index contributed by atoms with van der Waals surface area (Å²) in [5.41, 5.74) is 6.59. The van der Waals surface area contributed by atoms with Gasteiger partial charge in [-0.05, 0) is 60.9 Å². The van der Waals surface area contributed by atoms with Crippen molar-refractivity contribution in [1.82, 2.24) is 9.88 Å². The first-order chi connectivity index (χ1) is 19.3. The van der Waals surface area contributed by atoms with Crippen molar-refractivity contribution in [2.24, 2.45) is 0 Å². The minimum atomic E-state index is -1.40. The summed E-state index contributed by atoms with van der Waals surface area (Å²) in [6.07, 6.45) is 2.60. The fourth-order valence-electron chi connectivity index (χ4n) is 5.51. The summed E-state index contributed by atoms with van der Waals surface area (Å²) >= 11 is 0. The molecule has 0 saturated carbocycles. The Kier molecular flexibility index (Phi) is 7.90. The smallest absolute Gasteiger partial charge is 0.139 e. The molecule has 0 atom stereocenters. The molecule has 0 amide bonds. The van der Waals surface area contributed by atoms with Crippen molar-refractivity contribution < 1.29 is 9.13 Å². The van der Waals surface area contributed by atoms with Crippen LogP contribution in [0.4, 0.5) is 15.9 Å². The molecule has 2 aromatic carbocycles. The van der Waals surface area contributed by atoms with E-state index < -0.39 is 5.67 Å². The SMILES string of the molecule is C=C(Nc1cc(C(=C)N2CCC(F)(c3ccc(C#N)cc3)CC2)c(C)cc1C)c1ccc(N2CCOCC2)nc1. The second-order valence-electron chi connectivity index (χ2n) is 10.7. The summed E-state index contributed by atoms with van der Waals surface area (Å²) in [6, 6.07) is 17.3. The normalized spacial score (nSPS) is 16.8. The molecule has 0 radical (unpaired) electrons. The molecule has 2 saturated heterocycles. The van der Waals surface area contributed by atoms with E-state index in [0.29, 0.717) is 37.1 Å². The molecule has 0 aliphatic carbocycles. The number of rotatable bonds is 7. The lowest BCUT2D eigenvalue weighted by atomic mass is 9.85. The van der Waals surface area contributed by atoms with Crippen LogP contribution < -0.4 is 10.2 Å². The van der Waals surface area contributed by atoms with Gasteiger partial charge in [0.05, 0.1) is 24.8 Å². The molecule has 2 aliphatic rings. The van der Waals surface area contributed by atoms with Crippen molar-refractivity contribution in [2.75, 3.05) is 49.6 Å². The Hall–Kier alpha value is -4.15. The lowest BCUT2D eigenvalue weighted by molar-refractivity contribution is 0.0794. The maximum atomic E-state index is 15.8. The number of hydrogen-bond donors (Lipinski definition) is 1. The topological polar surface area (TPSA) is 64.4 Å². The number of pyridine rings is 1. The van der Waals surface area contributed by atoms with E-state index in [1.807, 2.05) is 18.3 Å². The molecule has 6 nitrogen and oxygen atoms in total.